The lowest BCUT2D eigenvalue weighted by atomic mass is 9.80. The molecule has 0 spiro atoms. The van der Waals surface area contributed by atoms with Crippen molar-refractivity contribution in [3.63, 3.8) is 0 Å². The summed E-state index contributed by atoms with van der Waals surface area (Å²) in [6.45, 7) is -1.67. The predicted octanol–water partition coefficient (Wildman–Crippen LogP) is 5.40. The maximum absolute atomic E-state index is 13.3. The van der Waals surface area contributed by atoms with Gasteiger partial charge in [-0.3, -0.25) is 9.59 Å². The highest BCUT2D eigenvalue weighted by molar-refractivity contribution is 5.79. The number of benzene rings is 5. The summed E-state index contributed by atoms with van der Waals surface area (Å²) in [5.41, 5.74) is 2.61. The van der Waals surface area contributed by atoms with Gasteiger partial charge in [0.2, 0.25) is 0 Å². The summed E-state index contributed by atoms with van der Waals surface area (Å²) in [4.78, 5) is 51.3. The number of esters is 2. The normalized spacial score (nSPS) is 18.7. The second kappa shape index (κ2) is 21.4. The molecule has 0 bridgehead atoms. The monoisotopic (exact) mass is 818 g/mol. The molecule has 1 heterocycles. The molecule has 3 N–H and O–H groups in total. The first-order chi connectivity index (χ1) is 29.3. The summed E-state index contributed by atoms with van der Waals surface area (Å²) in [6.07, 6.45) is -9.25. The molecule has 5 atom stereocenters. The fraction of sp³-hybridized carbons (Fsp3) is 0.261. The molecule has 5 aromatic rings. The lowest BCUT2D eigenvalue weighted by molar-refractivity contribution is -0.304. The Morgan fingerprint density at radius 1 is 0.583 bits per heavy atom. The molecule has 14 heteroatoms. The molecule has 0 radical (unpaired) electrons. The van der Waals surface area contributed by atoms with Gasteiger partial charge in [0.05, 0.1) is 6.61 Å². The fourth-order valence-electron chi connectivity index (χ4n) is 6.68. The van der Waals surface area contributed by atoms with Crippen LogP contribution in [-0.4, -0.2) is 86.7 Å². The van der Waals surface area contributed by atoms with Crippen molar-refractivity contribution in [2.75, 3.05) is 26.8 Å². The average molecular weight is 819 g/mol. The van der Waals surface area contributed by atoms with Crippen LogP contribution >= 0.6 is 0 Å². The molecule has 2 amide bonds. The molecule has 0 unspecified atom stereocenters. The van der Waals surface area contributed by atoms with Crippen molar-refractivity contribution in [2.24, 2.45) is 0 Å². The van der Waals surface area contributed by atoms with E-state index in [1.807, 2.05) is 103 Å². The van der Waals surface area contributed by atoms with Gasteiger partial charge in [-0.2, -0.15) is 0 Å². The van der Waals surface area contributed by atoms with E-state index in [9.17, 15) is 24.3 Å². The number of nitrogens with one attached hydrogen (secondary N) is 2. The second-order valence-electron chi connectivity index (χ2n) is 13.6. The number of aliphatic hydroxyl groups is 1. The quantitative estimate of drug-likeness (QED) is 0.0620. The van der Waals surface area contributed by atoms with Gasteiger partial charge < -0.3 is 48.9 Å². The Balaban J connectivity index is 1.20. The van der Waals surface area contributed by atoms with Crippen molar-refractivity contribution < 1.29 is 57.4 Å². The Kier molecular flexibility index (Phi) is 15.4. The fourth-order valence-corrected chi connectivity index (χ4v) is 6.68. The van der Waals surface area contributed by atoms with Crippen LogP contribution in [0.25, 0.3) is 0 Å². The minimum atomic E-state index is -1.67. The van der Waals surface area contributed by atoms with E-state index in [0.29, 0.717) is 0 Å². The van der Waals surface area contributed by atoms with Gasteiger partial charge in [0, 0.05) is 7.11 Å². The lowest BCUT2D eigenvalue weighted by Crippen LogP contribution is -2.62. The number of ether oxygens (including phenoxy) is 7. The van der Waals surface area contributed by atoms with Crippen molar-refractivity contribution in [3.8, 4) is 0 Å². The Morgan fingerprint density at radius 3 is 1.37 bits per heavy atom. The third-order valence-electron chi connectivity index (χ3n) is 9.57. The van der Waals surface area contributed by atoms with Gasteiger partial charge in [-0.1, -0.05) is 152 Å². The first-order valence-corrected chi connectivity index (χ1v) is 19.2. The van der Waals surface area contributed by atoms with Crippen LogP contribution in [0.4, 0.5) is 9.59 Å². The Labute approximate surface area is 347 Å². The minimum absolute atomic E-state index is 0.0362. The molecule has 1 aliphatic rings. The number of amides is 2. The molecule has 14 nitrogen and oxygen atoms in total. The predicted molar refractivity (Wildman–Crippen MR) is 216 cm³/mol. The smallest absolute Gasteiger partial charge is 0.407 e. The molecule has 0 aliphatic carbocycles. The van der Waals surface area contributed by atoms with Gasteiger partial charge in [-0.15, -0.1) is 0 Å². The van der Waals surface area contributed by atoms with Crippen LogP contribution in [0.1, 0.15) is 27.8 Å². The number of rotatable bonds is 17. The van der Waals surface area contributed by atoms with E-state index in [1.54, 1.807) is 48.5 Å². The highest BCUT2D eigenvalue weighted by Gasteiger charge is 2.51. The van der Waals surface area contributed by atoms with Crippen LogP contribution in [-0.2, 0) is 61.6 Å². The molecule has 1 fully saturated rings. The Morgan fingerprint density at radius 2 is 0.967 bits per heavy atom. The van der Waals surface area contributed by atoms with Crippen molar-refractivity contribution in [3.05, 3.63) is 179 Å². The number of carbonyl (C=O) groups excluding carboxylic acids is 4. The number of alkyl carbamates (subject to hydrolysis) is 2. The first kappa shape index (κ1) is 43.0. The van der Waals surface area contributed by atoms with Gasteiger partial charge in [0.1, 0.15) is 44.1 Å². The average Bonchev–Trinajstić information content (AvgIpc) is 3.30. The number of carbonyl (C=O) groups is 4. The number of methoxy groups -OCH3 is 1. The van der Waals surface area contributed by atoms with Gasteiger partial charge in [0.25, 0.3) is 0 Å². The number of hydrogen-bond acceptors (Lipinski definition) is 12. The van der Waals surface area contributed by atoms with Gasteiger partial charge in [0.15, 0.2) is 18.5 Å². The molecule has 5 aromatic carbocycles. The molecule has 1 aliphatic heterocycles. The van der Waals surface area contributed by atoms with Gasteiger partial charge >= 0.3 is 24.1 Å². The van der Waals surface area contributed by atoms with Crippen molar-refractivity contribution in [1.82, 2.24) is 10.6 Å². The summed E-state index contributed by atoms with van der Waals surface area (Å²) in [7, 11) is 1.28. The Bertz CT molecular complexity index is 2010. The lowest BCUT2D eigenvalue weighted by Gasteiger charge is -2.44. The van der Waals surface area contributed by atoms with Crippen LogP contribution in [0.15, 0.2) is 152 Å². The number of aliphatic hydroxyl groups excluding tert-OH is 1. The molecular weight excluding hydrogens is 773 g/mol. The van der Waals surface area contributed by atoms with E-state index in [1.165, 1.54) is 7.11 Å². The van der Waals surface area contributed by atoms with Crippen molar-refractivity contribution in [2.45, 2.75) is 49.5 Å². The molecule has 1 saturated heterocycles. The van der Waals surface area contributed by atoms with Crippen LogP contribution in [0.2, 0.25) is 0 Å². The minimum Gasteiger partial charge on any atom is -0.454 e. The van der Waals surface area contributed by atoms with Gasteiger partial charge in [-0.25, -0.2) is 9.59 Å². The topological polar surface area (TPSA) is 177 Å². The maximum Gasteiger partial charge on any atom is 0.407 e. The van der Waals surface area contributed by atoms with E-state index in [-0.39, 0.29) is 19.8 Å². The zero-order valence-electron chi connectivity index (χ0n) is 32.8. The second-order valence-corrected chi connectivity index (χ2v) is 13.6. The van der Waals surface area contributed by atoms with E-state index < -0.39 is 73.5 Å². The van der Waals surface area contributed by atoms with Gasteiger partial charge in [-0.05, 0) is 27.8 Å². The third-order valence-corrected chi connectivity index (χ3v) is 9.57. The van der Waals surface area contributed by atoms with E-state index in [0.717, 1.165) is 27.8 Å². The number of hydrogen-bond donors (Lipinski definition) is 3. The molecule has 6 rings (SSSR count). The van der Waals surface area contributed by atoms with E-state index in [4.69, 9.17) is 33.2 Å². The van der Waals surface area contributed by atoms with E-state index in [2.05, 4.69) is 10.6 Å². The van der Waals surface area contributed by atoms with Crippen LogP contribution in [0.5, 0.6) is 0 Å². The molecular formula is C46H46N2O12. The largest absolute Gasteiger partial charge is 0.454 e. The zero-order chi connectivity index (χ0) is 42.2. The maximum atomic E-state index is 13.3. The van der Waals surface area contributed by atoms with Crippen molar-refractivity contribution >= 4 is 24.1 Å². The highest BCUT2D eigenvalue weighted by Crippen LogP contribution is 2.41. The molecule has 60 heavy (non-hydrogen) atoms. The Hall–Kier alpha value is -6.58. The molecule has 0 aromatic heterocycles. The standard InChI is InChI=1S/C46H46N2O12/c1-54-43-42(60-39(50)28-48-45(53)56-30-33-19-9-3-10-20-33)41(59-38(49)27-47-44(52)55-29-32-17-7-2-8-18-32)40(51)37(58-43)31-57-46(34-21-11-4-12-22-34,35-23-13-5-14-24-35)36-25-15-6-16-26-36/h2-26,37,40-43,51H,27-31H2,1H3,(H,47,52)(H,48,53)/t37-,40+,41-,42-,43-/m0/s1. The highest BCUT2D eigenvalue weighted by atomic mass is 16.7. The summed E-state index contributed by atoms with van der Waals surface area (Å²) >= 11 is 0. The summed E-state index contributed by atoms with van der Waals surface area (Å²) in [5, 5.41) is 16.6. The van der Waals surface area contributed by atoms with Crippen molar-refractivity contribution in [1.29, 1.82) is 0 Å². The molecule has 0 saturated carbocycles. The summed E-state index contributed by atoms with van der Waals surface area (Å²) in [6, 6.07) is 46.5. The SMILES string of the molecule is CO[C@H]1O[C@@H](COC(c2ccccc2)(c2ccccc2)c2ccccc2)[C@@H](O)[C@H](OC(=O)CNC(=O)OCc2ccccc2)[C@@H]1OC(=O)CNC(=O)OCc1ccccc1. The van der Waals surface area contributed by atoms with Crippen LogP contribution in [0.3, 0.4) is 0 Å². The summed E-state index contributed by atoms with van der Waals surface area (Å²) in [5.74, 6) is -1.98. The summed E-state index contributed by atoms with van der Waals surface area (Å²) < 4.78 is 40.5. The molecule has 312 valence electrons. The first-order valence-electron chi connectivity index (χ1n) is 19.2. The van der Waals surface area contributed by atoms with Crippen LogP contribution < -0.4 is 10.6 Å². The zero-order valence-corrected chi connectivity index (χ0v) is 32.8. The third kappa shape index (κ3) is 11.3. The van der Waals surface area contributed by atoms with E-state index >= 15 is 0 Å². The van der Waals surface area contributed by atoms with Crippen LogP contribution in [0, 0.1) is 0 Å².